The predicted molar refractivity (Wildman–Crippen MR) is 103 cm³/mol. The fourth-order valence-corrected chi connectivity index (χ4v) is 3.53. The molecule has 0 saturated carbocycles. The summed E-state index contributed by atoms with van der Waals surface area (Å²) in [6, 6.07) is 20.2. The molecule has 0 bridgehead atoms. The summed E-state index contributed by atoms with van der Waals surface area (Å²) in [7, 11) is 0. The first kappa shape index (κ1) is 17.7. The number of aryl methyl sites for hydroxylation is 1. The van der Waals surface area contributed by atoms with Crippen LogP contribution in [-0.4, -0.2) is 37.0 Å². The van der Waals surface area contributed by atoms with Gasteiger partial charge < -0.3 is 10.2 Å². The SMILES string of the molecule is O=C(NCCN1CCC(CCc2ccccc2)CC1)c1ccccc1. The third-order valence-corrected chi connectivity index (χ3v) is 5.14. The number of nitrogens with one attached hydrogen (secondary N) is 1. The van der Waals surface area contributed by atoms with E-state index in [-0.39, 0.29) is 5.91 Å². The summed E-state index contributed by atoms with van der Waals surface area (Å²) < 4.78 is 0. The quantitative estimate of drug-likeness (QED) is 0.835. The number of amides is 1. The predicted octanol–water partition coefficient (Wildman–Crippen LogP) is 3.76. The molecule has 0 unspecified atom stereocenters. The number of nitrogens with zero attached hydrogens (tertiary/aromatic N) is 1. The summed E-state index contributed by atoms with van der Waals surface area (Å²) in [6.45, 7) is 3.98. The molecule has 0 aliphatic carbocycles. The van der Waals surface area contributed by atoms with Crippen LogP contribution in [0.4, 0.5) is 0 Å². The van der Waals surface area contributed by atoms with E-state index in [1.165, 1.54) is 31.2 Å². The molecule has 1 N–H and O–H groups in total. The largest absolute Gasteiger partial charge is 0.351 e. The fourth-order valence-electron chi connectivity index (χ4n) is 3.53. The lowest BCUT2D eigenvalue weighted by Crippen LogP contribution is -2.39. The number of carbonyl (C=O) groups is 1. The van der Waals surface area contributed by atoms with Crippen LogP contribution >= 0.6 is 0 Å². The van der Waals surface area contributed by atoms with Crippen LogP contribution in [0.15, 0.2) is 60.7 Å². The lowest BCUT2D eigenvalue weighted by molar-refractivity contribution is 0.0943. The second kappa shape index (κ2) is 9.38. The molecule has 1 aliphatic heterocycles. The van der Waals surface area contributed by atoms with Crippen LogP contribution in [-0.2, 0) is 6.42 Å². The Labute approximate surface area is 151 Å². The van der Waals surface area contributed by atoms with E-state index >= 15 is 0 Å². The third kappa shape index (κ3) is 5.71. The minimum atomic E-state index is 0.0262. The summed E-state index contributed by atoms with van der Waals surface area (Å²) >= 11 is 0. The van der Waals surface area contributed by atoms with E-state index in [0.29, 0.717) is 0 Å². The molecule has 1 heterocycles. The highest BCUT2D eigenvalue weighted by atomic mass is 16.1. The van der Waals surface area contributed by atoms with Crippen molar-refractivity contribution in [3.63, 3.8) is 0 Å². The Bertz CT molecular complexity index is 634. The Morgan fingerprint density at radius 3 is 2.28 bits per heavy atom. The summed E-state index contributed by atoms with van der Waals surface area (Å²) in [5.41, 5.74) is 2.19. The van der Waals surface area contributed by atoms with Crippen molar-refractivity contribution in [2.75, 3.05) is 26.2 Å². The number of rotatable bonds is 7. The first-order chi connectivity index (χ1) is 12.3. The Morgan fingerprint density at radius 2 is 1.60 bits per heavy atom. The van der Waals surface area contributed by atoms with E-state index in [0.717, 1.165) is 37.7 Å². The van der Waals surface area contributed by atoms with Gasteiger partial charge in [0.25, 0.3) is 5.91 Å². The highest BCUT2D eigenvalue weighted by Crippen LogP contribution is 2.22. The molecule has 25 heavy (non-hydrogen) atoms. The van der Waals surface area contributed by atoms with Gasteiger partial charge in [-0.25, -0.2) is 0 Å². The van der Waals surface area contributed by atoms with E-state index in [9.17, 15) is 4.79 Å². The minimum absolute atomic E-state index is 0.0262. The molecule has 2 aromatic carbocycles. The van der Waals surface area contributed by atoms with Crippen LogP contribution in [0.2, 0.25) is 0 Å². The number of hydrogen-bond acceptors (Lipinski definition) is 2. The van der Waals surface area contributed by atoms with Gasteiger partial charge in [0.2, 0.25) is 0 Å². The topological polar surface area (TPSA) is 32.3 Å². The number of carbonyl (C=O) groups excluding carboxylic acids is 1. The summed E-state index contributed by atoms with van der Waals surface area (Å²) in [4.78, 5) is 14.5. The molecule has 0 aromatic heterocycles. The van der Waals surface area contributed by atoms with Gasteiger partial charge in [-0.2, -0.15) is 0 Å². The molecule has 132 valence electrons. The van der Waals surface area contributed by atoms with Crippen LogP contribution in [0.25, 0.3) is 0 Å². The van der Waals surface area contributed by atoms with Gasteiger partial charge in [-0.15, -0.1) is 0 Å². The Balaban J connectivity index is 1.31. The van der Waals surface area contributed by atoms with E-state index < -0.39 is 0 Å². The van der Waals surface area contributed by atoms with Gasteiger partial charge in [0.1, 0.15) is 0 Å². The smallest absolute Gasteiger partial charge is 0.251 e. The molecule has 1 fully saturated rings. The molecule has 2 aromatic rings. The van der Waals surface area contributed by atoms with Gasteiger partial charge in [-0.3, -0.25) is 4.79 Å². The van der Waals surface area contributed by atoms with Gasteiger partial charge >= 0.3 is 0 Å². The van der Waals surface area contributed by atoms with Crippen molar-refractivity contribution >= 4 is 5.91 Å². The second-order valence-electron chi connectivity index (χ2n) is 6.93. The second-order valence-corrected chi connectivity index (χ2v) is 6.93. The first-order valence-corrected chi connectivity index (χ1v) is 9.41. The van der Waals surface area contributed by atoms with Crippen LogP contribution in [0, 0.1) is 5.92 Å². The molecule has 1 aliphatic rings. The van der Waals surface area contributed by atoms with E-state index in [1.54, 1.807) is 0 Å². The molecule has 3 nitrogen and oxygen atoms in total. The number of piperidine rings is 1. The van der Waals surface area contributed by atoms with Crippen LogP contribution < -0.4 is 5.32 Å². The van der Waals surface area contributed by atoms with Crippen molar-refractivity contribution in [3.05, 3.63) is 71.8 Å². The molecule has 1 saturated heterocycles. The van der Waals surface area contributed by atoms with Crippen LogP contribution in [0.3, 0.4) is 0 Å². The lowest BCUT2D eigenvalue weighted by Gasteiger charge is -2.32. The van der Waals surface area contributed by atoms with E-state index in [1.807, 2.05) is 30.3 Å². The zero-order valence-corrected chi connectivity index (χ0v) is 14.9. The van der Waals surface area contributed by atoms with Crippen molar-refractivity contribution in [3.8, 4) is 0 Å². The zero-order valence-electron chi connectivity index (χ0n) is 14.9. The van der Waals surface area contributed by atoms with Crippen molar-refractivity contribution in [2.24, 2.45) is 5.92 Å². The molecule has 0 atom stereocenters. The molecular formula is C22H28N2O. The minimum Gasteiger partial charge on any atom is -0.351 e. The van der Waals surface area contributed by atoms with Crippen molar-refractivity contribution in [1.82, 2.24) is 10.2 Å². The molecule has 0 radical (unpaired) electrons. The number of benzene rings is 2. The molecule has 0 spiro atoms. The van der Waals surface area contributed by atoms with Crippen molar-refractivity contribution < 1.29 is 4.79 Å². The average Bonchev–Trinajstić information content (AvgIpc) is 2.69. The highest BCUT2D eigenvalue weighted by molar-refractivity contribution is 5.94. The third-order valence-electron chi connectivity index (χ3n) is 5.14. The van der Waals surface area contributed by atoms with Crippen LogP contribution in [0.5, 0.6) is 0 Å². The highest BCUT2D eigenvalue weighted by Gasteiger charge is 2.18. The summed E-state index contributed by atoms with van der Waals surface area (Å²) in [6.07, 6.45) is 5.04. The molecule has 3 heteroatoms. The Hall–Kier alpha value is -2.13. The van der Waals surface area contributed by atoms with Crippen molar-refractivity contribution in [1.29, 1.82) is 0 Å². The summed E-state index contributed by atoms with van der Waals surface area (Å²) in [5.74, 6) is 0.869. The first-order valence-electron chi connectivity index (χ1n) is 9.41. The lowest BCUT2D eigenvalue weighted by atomic mass is 9.90. The van der Waals surface area contributed by atoms with Gasteiger partial charge in [0.15, 0.2) is 0 Å². The Kier molecular flexibility index (Phi) is 6.63. The molecular weight excluding hydrogens is 308 g/mol. The van der Waals surface area contributed by atoms with Crippen LogP contribution in [0.1, 0.15) is 35.2 Å². The van der Waals surface area contributed by atoms with Gasteiger partial charge in [0.05, 0.1) is 0 Å². The van der Waals surface area contributed by atoms with Crippen molar-refractivity contribution in [2.45, 2.75) is 25.7 Å². The van der Waals surface area contributed by atoms with Gasteiger partial charge in [0, 0.05) is 18.7 Å². The maximum Gasteiger partial charge on any atom is 0.251 e. The Morgan fingerprint density at radius 1 is 0.960 bits per heavy atom. The maximum atomic E-state index is 12.0. The summed E-state index contributed by atoms with van der Waals surface area (Å²) in [5, 5.41) is 3.02. The monoisotopic (exact) mass is 336 g/mol. The van der Waals surface area contributed by atoms with Gasteiger partial charge in [-0.1, -0.05) is 48.5 Å². The number of hydrogen-bond donors (Lipinski definition) is 1. The zero-order chi connectivity index (χ0) is 17.3. The maximum absolute atomic E-state index is 12.0. The average molecular weight is 336 g/mol. The molecule has 3 rings (SSSR count). The fraction of sp³-hybridized carbons (Fsp3) is 0.409. The van der Waals surface area contributed by atoms with Gasteiger partial charge in [-0.05, 0) is 62.4 Å². The van der Waals surface area contributed by atoms with E-state index in [4.69, 9.17) is 0 Å². The standard InChI is InChI=1S/C22H28N2O/c25-22(21-9-5-2-6-10-21)23-15-18-24-16-13-20(14-17-24)12-11-19-7-3-1-4-8-19/h1-10,20H,11-18H2,(H,23,25). The normalized spacial score (nSPS) is 15.8. The number of likely N-dealkylation sites (tertiary alicyclic amines) is 1. The van der Waals surface area contributed by atoms with E-state index in [2.05, 4.69) is 40.5 Å². The molecule has 1 amide bonds.